The molecule has 13 nitrogen and oxygen atoms in total. The molecule has 0 saturated carbocycles. The van der Waals surface area contributed by atoms with Gasteiger partial charge in [0.25, 0.3) is 11.5 Å². The second kappa shape index (κ2) is 14.3. The summed E-state index contributed by atoms with van der Waals surface area (Å²) in [7, 11) is 0. The number of ether oxygens (including phenoxy) is 1. The number of fused-ring (bicyclic) bond motifs is 1. The fourth-order valence-electron chi connectivity index (χ4n) is 6.25. The molecule has 6 rings (SSSR count). The van der Waals surface area contributed by atoms with Crippen LogP contribution in [0, 0.1) is 6.92 Å². The number of rotatable bonds is 7. The van der Waals surface area contributed by atoms with Crippen LogP contribution in [-0.4, -0.2) is 76.8 Å². The van der Waals surface area contributed by atoms with Crippen molar-refractivity contribution in [3.8, 4) is 5.75 Å². The van der Waals surface area contributed by atoms with Gasteiger partial charge in [0.15, 0.2) is 17.3 Å². The van der Waals surface area contributed by atoms with Crippen LogP contribution in [0.25, 0.3) is 17.4 Å². The zero-order valence-electron chi connectivity index (χ0n) is 27.9. The maximum atomic E-state index is 14.2. The average Bonchev–Trinajstić information content (AvgIpc) is 3.58. The predicted molar refractivity (Wildman–Crippen MR) is 181 cm³/mol. The van der Waals surface area contributed by atoms with E-state index in [1.807, 2.05) is 19.9 Å². The van der Waals surface area contributed by atoms with E-state index in [1.165, 1.54) is 6.33 Å². The number of aryl methyl sites for hydroxylation is 1. The summed E-state index contributed by atoms with van der Waals surface area (Å²) >= 11 is 6.12. The lowest BCUT2D eigenvalue weighted by molar-refractivity contribution is -0.137. The molecule has 2 aliphatic heterocycles. The van der Waals surface area contributed by atoms with Crippen molar-refractivity contribution in [3.63, 3.8) is 0 Å². The minimum absolute atomic E-state index is 0.0208. The lowest BCUT2D eigenvalue weighted by atomic mass is 10.1. The van der Waals surface area contributed by atoms with Crippen LogP contribution in [0.4, 0.5) is 18.9 Å². The van der Waals surface area contributed by atoms with Gasteiger partial charge in [-0.3, -0.25) is 14.4 Å². The normalized spacial score (nSPS) is 17.5. The van der Waals surface area contributed by atoms with Gasteiger partial charge in [-0.25, -0.2) is 9.97 Å². The highest BCUT2D eigenvalue weighted by Crippen LogP contribution is 2.34. The van der Waals surface area contributed by atoms with Crippen molar-refractivity contribution in [2.45, 2.75) is 65.2 Å². The number of carbonyl (C=O) groups excluding carboxylic acids is 2. The standard InChI is InChI=1S/C34H34ClF3N8O5/c1-4-26-23(13-20-12-18(2)44(15-20)32(50)28-29(48)19(3)39-17-40-28)31(49)46-33(42-30(43-46)21-6-5-10-51-11-9-21)45(26)16-27(47)41-25-8-7-22(14-24(25)35)34(36,37)38/h6-8,13-14,17-18,48H,4-5,9-12,15-16H2,1-3H3,(H,41,47). The fraction of sp³-hybridized carbons (Fsp3) is 0.382. The molecule has 0 bridgehead atoms. The van der Waals surface area contributed by atoms with Gasteiger partial charge in [0, 0.05) is 18.3 Å². The Morgan fingerprint density at radius 3 is 2.73 bits per heavy atom. The molecule has 2 aliphatic rings. The van der Waals surface area contributed by atoms with E-state index >= 15 is 0 Å². The van der Waals surface area contributed by atoms with E-state index in [0.29, 0.717) is 44.0 Å². The van der Waals surface area contributed by atoms with Crippen LogP contribution in [0.2, 0.25) is 5.02 Å². The van der Waals surface area contributed by atoms with Gasteiger partial charge in [-0.2, -0.15) is 22.7 Å². The quantitative estimate of drug-likeness (QED) is 0.265. The number of likely N-dealkylation sites (tertiary alicyclic amines) is 1. The number of amides is 2. The summed E-state index contributed by atoms with van der Waals surface area (Å²) in [4.78, 5) is 55.2. The topological polar surface area (TPSA) is 157 Å². The lowest BCUT2D eigenvalue weighted by Gasteiger charge is -2.20. The minimum atomic E-state index is -4.61. The molecule has 2 amide bonds. The van der Waals surface area contributed by atoms with Crippen LogP contribution in [0.15, 0.2) is 41.0 Å². The number of nitrogens with zero attached hydrogens (tertiary/aromatic N) is 7. The second-order valence-corrected chi connectivity index (χ2v) is 12.7. The Morgan fingerprint density at radius 2 is 2.00 bits per heavy atom. The molecule has 2 N–H and O–H groups in total. The molecule has 1 atom stereocenters. The number of aromatic hydroxyl groups is 1. The van der Waals surface area contributed by atoms with E-state index in [-0.39, 0.29) is 64.7 Å². The third-order valence-electron chi connectivity index (χ3n) is 8.83. The summed E-state index contributed by atoms with van der Waals surface area (Å²) in [5.74, 6) is -1.02. The maximum Gasteiger partial charge on any atom is 0.416 e. The second-order valence-electron chi connectivity index (χ2n) is 12.3. The molecule has 1 aromatic carbocycles. The van der Waals surface area contributed by atoms with Gasteiger partial charge in [0.1, 0.15) is 12.9 Å². The molecule has 268 valence electrons. The first-order valence-electron chi connectivity index (χ1n) is 16.2. The first kappa shape index (κ1) is 35.7. The Hall–Kier alpha value is -5.09. The van der Waals surface area contributed by atoms with Gasteiger partial charge in [0.05, 0.1) is 40.7 Å². The number of nitrogens with one attached hydrogen (secondary N) is 1. The van der Waals surface area contributed by atoms with Gasteiger partial charge < -0.3 is 24.6 Å². The van der Waals surface area contributed by atoms with E-state index < -0.39 is 29.1 Å². The highest BCUT2D eigenvalue weighted by molar-refractivity contribution is 6.33. The highest BCUT2D eigenvalue weighted by Gasteiger charge is 2.33. The Morgan fingerprint density at radius 1 is 1.22 bits per heavy atom. The van der Waals surface area contributed by atoms with Crippen LogP contribution in [-0.2, 0) is 28.7 Å². The summed E-state index contributed by atoms with van der Waals surface area (Å²) in [6, 6.07) is 2.33. The monoisotopic (exact) mass is 726 g/mol. The van der Waals surface area contributed by atoms with Crippen LogP contribution >= 0.6 is 11.6 Å². The Kier molecular flexibility index (Phi) is 9.99. The fourth-order valence-corrected chi connectivity index (χ4v) is 6.48. The van der Waals surface area contributed by atoms with Crippen LogP contribution in [0.5, 0.6) is 5.75 Å². The molecule has 1 unspecified atom stereocenters. The zero-order valence-corrected chi connectivity index (χ0v) is 28.7. The van der Waals surface area contributed by atoms with Crippen LogP contribution in [0.3, 0.4) is 0 Å². The van der Waals surface area contributed by atoms with Gasteiger partial charge >= 0.3 is 6.18 Å². The first-order valence-corrected chi connectivity index (χ1v) is 16.6. The van der Waals surface area contributed by atoms with Crippen molar-refractivity contribution in [1.29, 1.82) is 0 Å². The van der Waals surface area contributed by atoms with Crippen molar-refractivity contribution in [3.05, 3.63) is 85.6 Å². The zero-order chi connectivity index (χ0) is 36.6. The van der Waals surface area contributed by atoms with E-state index in [4.69, 9.17) is 16.3 Å². The third-order valence-corrected chi connectivity index (χ3v) is 9.15. The molecule has 1 fully saturated rings. The molecule has 51 heavy (non-hydrogen) atoms. The number of carbonyl (C=O) groups is 2. The van der Waals surface area contributed by atoms with Crippen molar-refractivity contribution in [2.24, 2.45) is 0 Å². The van der Waals surface area contributed by atoms with Crippen molar-refractivity contribution in [1.82, 2.24) is 34.0 Å². The summed E-state index contributed by atoms with van der Waals surface area (Å²) in [6.07, 6.45) is 2.07. The molecule has 3 aromatic heterocycles. The van der Waals surface area contributed by atoms with Crippen molar-refractivity contribution >= 4 is 46.5 Å². The molecule has 0 radical (unpaired) electrons. The molecular weight excluding hydrogens is 693 g/mol. The molecule has 5 heterocycles. The van der Waals surface area contributed by atoms with E-state index in [2.05, 4.69) is 25.4 Å². The van der Waals surface area contributed by atoms with E-state index in [9.17, 15) is 32.7 Å². The summed E-state index contributed by atoms with van der Waals surface area (Å²) in [5, 5.41) is 17.3. The Balaban J connectivity index is 1.40. The number of hydrogen-bond acceptors (Lipinski definition) is 9. The lowest BCUT2D eigenvalue weighted by Crippen LogP contribution is -2.34. The third kappa shape index (κ3) is 7.23. The highest BCUT2D eigenvalue weighted by atomic mass is 35.5. The smallest absolute Gasteiger partial charge is 0.416 e. The SMILES string of the molecule is CCc1c(C=C2CC(C)N(C(=O)c3ncnc(C)c3O)C2)c(=O)n2nc(C3=CCCOCC3)nc2n1CC(=O)Nc1ccc(C(F)(F)F)cc1Cl. The number of aromatic nitrogens is 6. The number of alkyl halides is 3. The molecule has 17 heteroatoms. The van der Waals surface area contributed by atoms with E-state index in [1.54, 1.807) is 22.5 Å². The molecular formula is C34H34ClF3N8O5. The van der Waals surface area contributed by atoms with Crippen molar-refractivity contribution in [2.75, 3.05) is 25.1 Å². The number of anilines is 1. The van der Waals surface area contributed by atoms with E-state index in [0.717, 1.165) is 33.9 Å². The number of benzene rings is 1. The van der Waals surface area contributed by atoms with Gasteiger partial charge in [0.2, 0.25) is 11.7 Å². The molecule has 4 aromatic rings. The Labute approximate surface area is 294 Å². The first-order chi connectivity index (χ1) is 24.3. The molecule has 1 saturated heterocycles. The molecule has 0 aliphatic carbocycles. The number of hydrogen-bond donors (Lipinski definition) is 2. The summed E-state index contributed by atoms with van der Waals surface area (Å²) in [6.45, 7) is 5.95. The summed E-state index contributed by atoms with van der Waals surface area (Å²) < 4.78 is 47.9. The Bertz CT molecular complexity index is 2160. The number of halogens is 4. The van der Waals surface area contributed by atoms with Crippen LogP contribution in [0.1, 0.15) is 71.9 Å². The van der Waals surface area contributed by atoms with Gasteiger partial charge in [-0.05, 0) is 75.0 Å². The van der Waals surface area contributed by atoms with Crippen molar-refractivity contribution < 1.29 is 32.6 Å². The van der Waals surface area contributed by atoms with Gasteiger partial charge in [-0.15, -0.1) is 5.10 Å². The average molecular weight is 727 g/mol. The van der Waals surface area contributed by atoms with Gasteiger partial charge in [-0.1, -0.05) is 24.6 Å². The summed E-state index contributed by atoms with van der Waals surface area (Å²) in [5.41, 5.74) is 0.882. The predicted octanol–water partition coefficient (Wildman–Crippen LogP) is 5.08. The molecule has 0 spiro atoms. The van der Waals surface area contributed by atoms with Crippen LogP contribution < -0.4 is 10.9 Å². The maximum absolute atomic E-state index is 14.2. The largest absolute Gasteiger partial charge is 0.504 e. The minimum Gasteiger partial charge on any atom is -0.504 e.